The average Bonchev–Trinajstić information content (AvgIpc) is 3.10. The molecule has 1 amide bonds. The number of rotatable bonds is 7. The van der Waals surface area contributed by atoms with Crippen LogP contribution in [0.25, 0.3) is 0 Å². The summed E-state index contributed by atoms with van der Waals surface area (Å²) in [5.41, 5.74) is 3.87. The number of nitrogens with one attached hydrogen (secondary N) is 1. The van der Waals surface area contributed by atoms with E-state index >= 15 is 0 Å². The first kappa shape index (κ1) is 21.4. The first-order chi connectivity index (χ1) is 14.3. The maximum Gasteiger partial charge on any atom is 0.309 e. The molecule has 0 atom stereocenters. The lowest BCUT2D eigenvalue weighted by Crippen LogP contribution is -2.32. The van der Waals surface area contributed by atoms with Crippen LogP contribution in [0, 0.1) is 13.8 Å². The van der Waals surface area contributed by atoms with Gasteiger partial charge in [0.25, 0.3) is 11.5 Å². The molecule has 0 spiro atoms. The van der Waals surface area contributed by atoms with Crippen molar-refractivity contribution in [2.24, 2.45) is 0 Å². The van der Waals surface area contributed by atoms with Gasteiger partial charge < -0.3 is 9.67 Å². The zero-order valence-corrected chi connectivity index (χ0v) is 17.9. The number of carboxylic acid groups (broad SMARTS) is 1. The van der Waals surface area contributed by atoms with E-state index in [2.05, 4.69) is 10.3 Å². The van der Waals surface area contributed by atoms with Gasteiger partial charge in [0.2, 0.25) is 0 Å². The molecule has 0 aliphatic rings. The Hall–Kier alpha value is -3.26. The molecule has 0 radical (unpaired) electrons. The molecule has 0 aliphatic carbocycles. The minimum absolute atomic E-state index is 0.0346. The second-order valence-electron chi connectivity index (χ2n) is 7.09. The molecule has 1 aromatic carbocycles. The van der Waals surface area contributed by atoms with Crippen LogP contribution in [-0.2, 0) is 24.2 Å². The van der Waals surface area contributed by atoms with Gasteiger partial charge in [0.15, 0.2) is 5.13 Å². The summed E-state index contributed by atoms with van der Waals surface area (Å²) in [5.74, 6) is -1.55. The van der Waals surface area contributed by atoms with Crippen molar-refractivity contribution in [3.63, 3.8) is 0 Å². The quantitative estimate of drug-likeness (QED) is 0.604. The van der Waals surface area contributed by atoms with E-state index in [4.69, 9.17) is 5.11 Å². The molecule has 156 valence electrons. The summed E-state index contributed by atoms with van der Waals surface area (Å²) in [6, 6.07) is 9.53. The van der Waals surface area contributed by atoms with E-state index in [0.29, 0.717) is 18.7 Å². The first-order valence-electron chi connectivity index (χ1n) is 9.55. The van der Waals surface area contributed by atoms with Crippen molar-refractivity contribution >= 4 is 28.3 Å². The molecular formula is C22H23N3O4S. The summed E-state index contributed by atoms with van der Waals surface area (Å²) in [4.78, 5) is 40.9. The zero-order valence-electron chi connectivity index (χ0n) is 17.1. The summed E-state index contributed by atoms with van der Waals surface area (Å²) >= 11 is 1.13. The molecular weight excluding hydrogens is 402 g/mol. The lowest BCUT2D eigenvalue weighted by Gasteiger charge is -2.16. The van der Waals surface area contributed by atoms with Crippen molar-refractivity contribution in [2.45, 2.75) is 40.2 Å². The van der Waals surface area contributed by atoms with Crippen molar-refractivity contribution < 1.29 is 14.7 Å². The van der Waals surface area contributed by atoms with Crippen LogP contribution in [-0.4, -0.2) is 26.5 Å². The molecule has 0 unspecified atom stereocenters. The van der Waals surface area contributed by atoms with Crippen LogP contribution in [0.5, 0.6) is 0 Å². The summed E-state index contributed by atoms with van der Waals surface area (Å²) in [5, 5.41) is 13.3. The van der Waals surface area contributed by atoms with Crippen LogP contribution in [0.2, 0.25) is 0 Å². The van der Waals surface area contributed by atoms with Crippen LogP contribution in [0.3, 0.4) is 0 Å². The minimum atomic E-state index is -0.997. The highest BCUT2D eigenvalue weighted by atomic mass is 32.1. The van der Waals surface area contributed by atoms with Gasteiger partial charge >= 0.3 is 5.97 Å². The number of pyridine rings is 1. The van der Waals surface area contributed by atoms with Crippen LogP contribution in [0.15, 0.2) is 40.5 Å². The number of aryl methyl sites for hydroxylation is 2. The number of benzene rings is 1. The topological polar surface area (TPSA) is 101 Å². The Morgan fingerprint density at radius 1 is 1.23 bits per heavy atom. The Labute approximate surface area is 178 Å². The number of carbonyl (C=O) groups excluding carboxylic acids is 1. The van der Waals surface area contributed by atoms with Crippen molar-refractivity contribution in [1.82, 2.24) is 9.55 Å². The van der Waals surface area contributed by atoms with E-state index in [1.54, 1.807) is 16.0 Å². The molecule has 3 rings (SSSR count). The van der Waals surface area contributed by atoms with Gasteiger partial charge in [-0.1, -0.05) is 36.8 Å². The number of hydrogen-bond acceptors (Lipinski definition) is 5. The maximum atomic E-state index is 13.2. The third-order valence-electron chi connectivity index (χ3n) is 4.72. The van der Waals surface area contributed by atoms with E-state index in [-0.39, 0.29) is 22.7 Å². The van der Waals surface area contributed by atoms with Crippen LogP contribution in [0.1, 0.15) is 45.4 Å². The van der Waals surface area contributed by atoms with E-state index in [1.165, 1.54) is 0 Å². The Balaban J connectivity index is 1.94. The molecule has 0 saturated carbocycles. The number of amides is 1. The number of nitrogens with zero attached hydrogens (tertiary/aromatic N) is 2. The molecule has 0 aliphatic heterocycles. The highest BCUT2D eigenvalue weighted by Gasteiger charge is 2.19. The SMILES string of the molecule is CCc1c(C)cc(C(=O)Nc2nc(CC(=O)O)cs2)c(=O)n1Cc1cccc(C)c1. The monoisotopic (exact) mass is 425 g/mol. The number of thiazole rings is 1. The van der Waals surface area contributed by atoms with Gasteiger partial charge in [0.05, 0.1) is 18.7 Å². The Kier molecular flexibility index (Phi) is 6.47. The average molecular weight is 426 g/mol. The molecule has 0 saturated heterocycles. The molecule has 0 bridgehead atoms. The molecule has 2 heterocycles. The van der Waals surface area contributed by atoms with Crippen molar-refractivity contribution in [2.75, 3.05) is 5.32 Å². The van der Waals surface area contributed by atoms with Crippen molar-refractivity contribution in [1.29, 1.82) is 0 Å². The number of aliphatic carboxylic acids is 1. The maximum absolute atomic E-state index is 13.2. The van der Waals surface area contributed by atoms with E-state index in [1.807, 2.05) is 45.0 Å². The van der Waals surface area contributed by atoms with E-state index in [9.17, 15) is 14.4 Å². The van der Waals surface area contributed by atoms with Gasteiger partial charge in [0.1, 0.15) is 5.56 Å². The van der Waals surface area contributed by atoms with Crippen molar-refractivity contribution in [3.8, 4) is 0 Å². The predicted molar refractivity (Wildman–Crippen MR) is 117 cm³/mol. The Bertz CT molecular complexity index is 1160. The van der Waals surface area contributed by atoms with Gasteiger partial charge in [-0.15, -0.1) is 11.3 Å². The van der Waals surface area contributed by atoms with Crippen LogP contribution < -0.4 is 10.9 Å². The summed E-state index contributed by atoms with van der Waals surface area (Å²) in [6.07, 6.45) is 0.444. The third-order valence-corrected chi connectivity index (χ3v) is 5.53. The smallest absolute Gasteiger partial charge is 0.309 e. The fourth-order valence-electron chi connectivity index (χ4n) is 3.40. The fraction of sp³-hybridized carbons (Fsp3) is 0.273. The Morgan fingerprint density at radius 3 is 2.67 bits per heavy atom. The number of hydrogen-bond donors (Lipinski definition) is 2. The number of aromatic nitrogens is 2. The normalized spacial score (nSPS) is 10.8. The van der Waals surface area contributed by atoms with Gasteiger partial charge in [-0.25, -0.2) is 4.98 Å². The van der Waals surface area contributed by atoms with Gasteiger partial charge in [0, 0.05) is 11.1 Å². The molecule has 30 heavy (non-hydrogen) atoms. The summed E-state index contributed by atoms with van der Waals surface area (Å²) < 4.78 is 1.65. The molecule has 3 aromatic rings. The van der Waals surface area contributed by atoms with Gasteiger partial charge in [-0.05, 0) is 37.5 Å². The van der Waals surface area contributed by atoms with Crippen LogP contribution >= 0.6 is 11.3 Å². The van der Waals surface area contributed by atoms with Crippen LogP contribution in [0.4, 0.5) is 5.13 Å². The molecule has 2 aromatic heterocycles. The molecule has 8 heteroatoms. The molecule has 7 nitrogen and oxygen atoms in total. The minimum Gasteiger partial charge on any atom is -0.481 e. The largest absolute Gasteiger partial charge is 0.481 e. The van der Waals surface area contributed by atoms with Gasteiger partial charge in [-0.2, -0.15) is 0 Å². The first-order valence-corrected chi connectivity index (χ1v) is 10.4. The highest BCUT2D eigenvalue weighted by Crippen LogP contribution is 2.18. The lowest BCUT2D eigenvalue weighted by molar-refractivity contribution is -0.136. The zero-order chi connectivity index (χ0) is 21.8. The summed E-state index contributed by atoms with van der Waals surface area (Å²) in [6.45, 7) is 6.24. The van der Waals surface area contributed by atoms with Crippen molar-refractivity contribution in [3.05, 3.63) is 79.7 Å². The molecule has 2 N–H and O–H groups in total. The van der Waals surface area contributed by atoms with E-state index in [0.717, 1.165) is 33.7 Å². The summed E-state index contributed by atoms with van der Waals surface area (Å²) in [7, 11) is 0. The highest BCUT2D eigenvalue weighted by molar-refractivity contribution is 7.14. The number of carboxylic acids is 1. The second-order valence-corrected chi connectivity index (χ2v) is 7.95. The lowest BCUT2D eigenvalue weighted by atomic mass is 10.1. The predicted octanol–water partition coefficient (Wildman–Crippen LogP) is 3.41. The second kappa shape index (κ2) is 9.04. The third kappa shape index (κ3) is 4.83. The fourth-order valence-corrected chi connectivity index (χ4v) is 4.11. The number of carbonyl (C=O) groups is 2. The Morgan fingerprint density at radius 2 is 2.00 bits per heavy atom. The van der Waals surface area contributed by atoms with E-state index < -0.39 is 11.9 Å². The number of anilines is 1. The standard InChI is InChI=1S/C22H23N3O4S/c1-4-18-14(3)9-17(20(28)24-22-23-16(12-30-22)10-19(26)27)21(29)25(18)11-15-7-5-6-13(2)8-15/h5-9,12H,4,10-11H2,1-3H3,(H,26,27)(H,23,24,28). The van der Waals surface area contributed by atoms with Gasteiger partial charge in [-0.3, -0.25) is 19.7 Å². The molecule has 0 fully saturated rings.